The second kappa shape index (κ2) is 4.21. The summed E-state index contributed by atoms with van der Waals surface area (Å²) in [6.07, 6.45) is 0.974. The minimum Gasteiger partial charge on any atom is -0.353 e. The highest BCUT2D eigenvalue weighted by Crippen LogP contribution is 2.25. The molecular formula is C9H14N2O2S. The topological polar surface area (TPSA) is 49.4 Å². The molecule has 2 fully saturated rings. The van der Waals surface area contributed by atoms with Gasteiger partial charge in [-0.1, -0.05) is 0 Å². The first-order valence-electron chi connectivity index (χ1n) is 4.90. The van der Waals surface area contributed by atoms with E-state index < -0.39 is 0 Å². The van der Waals surface area contributed by atoms with Gasteiger partial charge in [0.1, 0.15) is 0 Å². The van der Waals surface area contributed by atoms with Gasteiger partial charge >= 0.3 is 0 Å². The van der Waals surface area contributed by atoms with E-state index in [9.17, 15) is 9.59 Å². The molecule has 0 radical (unpaired) electrons. The highest BCUT2D eigenvalue weighted by atomic mass is 32.2. The smallest absolute Gasteiger partial charge is 0.239 e. The lowest BCUT2D eigenvalue weighted by molar-refractivity contribution is -0.140. The van der Waals surface area contributed by atoms with Gasteiger partial charge in [0.15, 0.2) is 0 Å². The minimum absolute atomic E-state index is 0.0322. The zero-order valence-electron chi connectivity index (χ0n) is 7.99. The number of nitrogens with one attached hydrogen (secondary N) is 1. The molecule has 1 atom stereocenters. The van der Waals surface area contributed by atoms with Gasteiger partial charge in [-0.15, -0.1) is 0 Å². The summed E-state index contributed by atoms with van der Waals surface area (Å²) in [6, 6.07) is 0. The number of piperazine rings is 1. The van der Waals surface area contributed by atoms with Crippen LogP contribution in [0, 0.1) is 5.92 Å². The van der Waals surface area contributed by atoms with E-state index in [-0.39, 0.29) is 24.3 Å². The maximum absolute atomic E-state index is 11.9. The van der Waals surface area contributed by atoms with E-state index in [1.54, 1.807) is 4.90 Å². The van der Waals surface area contributed by atoms with Crippen LogP contribution in [0.3, 0.4) is 0 Å². The summed E-state index contributed by atoms with van der Waals surface area (Å²) in [5, 5.41) is 2.72. The molecular weight excluding hydrogens is 200 g/mol. The fraction of sp³-hybridized carbons (Fsp3) is 0.778. The summed E-state index contributed by atoms with van der Waals surface area (Å²) < 4.78 is 0. The third-order valence-electron chi connectivity index (χ3n) is 2.63. The largest absolute Gasteiger partial charge is 0.353 e. The van der Waals surface area contributed by atoms with Gasteiger partial charge in [-0.2, -0.15) is 11.8 Å². The molecule has 78 valence electrons. The van der Waals surface area contributed by atoms with E-state index in [0.717, 1.165) is 17.9 Å². The van der Waals surface area contributed by atoms with Crippen LogP contribution in [0.4, 0.5) is 0 Å². The molecule has 2 rings (SSSR count). The Morgan fingerprint density at radius 2 is 2.43 bits per heavy atom. The molecule has 2 heterocycles. The standard InChI is InChI=1S/C9H14N2O2S/c12-8-5-11(3-2-10-8)9(13)7-1-4-14-6-7/h7H,1-6H2,(H,10,12). The Hall–Kier alpha value is -0.710. The number of carbonyl (C=O) groups is 2. The first-order chi connectivity index (χ1) is 6.77. The van der Waals surface area contributed by atoms with Gasteiger partial charge in [0.25, 0.3) is 0 Å². The number of hydrogen-bond acceptors (Lipinski definition) is 3. The summed E-state index contributed by atoms with van der Waals surface area (Å²) in [5.41, 5.74) is 0. The summed E-state index contributed by atoms with van der Waals surface area (Å²) in [5.74, 6) is 2.30. The summed E-state index contributed by atoms with van der Waals surface area (Å²) in [7, 11) is 0. The zero-order chi connectivity index (χ0) is 9.97. The predicted octanol–water partition coefficient (Wildman–Crippen LogP) is -0.302. The summed E-state index contributed by atoms with van der Waals surface area (Å²) >= 11 is 1.83. The molecule has 5 heteroatoms. The molecule has 0 aromatic heterocycles. The second-order valence-electron chi connectivity index (χ2n) is 3.67. The van der Waals surface area contributed by atoms with E-state index in [1.165, 1.54) is 0 Å². The molecule has 4 nitrogen and oxygen atoms in total. The Bertz CT molecular complexity index is 251. The monoisotopic (exact) mass is 214 g/mol. The number of hydrogen-bond donors (Lipinski definition) is 1. The van der Waals surface area contributed by atoms with Crippen LogP contribution >= 0.6 is 11.8 Å². The van der Waals surface area contributed by atoms with E-state index >= 15 is 0 Å². The van der Waals surface area contributed by atoms with Crippen molar-refractivity contribution in [3.8, 4) is 0 Å². The van der Waals surface area contributed by atoms with Gasteiger partial charge in [0.2, 0.25) is 11.8 Å². The van der Waals surface area contributed by atoms with Gasteiger partial charge in [-0.05, 0) is 12.2 Å². The van der Waals surface area contributed by atoms with Gasteiger partial charge in [-0.25, -0.2) is 0 Å². The third kappa shape index (κ3) is 2.03. The van der Waals surface area contributed by atoms with Crippen molar-refractivity contribution in [3.63, 3.8) is 0 Å². The molecule has 0 aromatic carbocycles. The van der Waals surface area contributed by atoms with Crippen LogP contribution in [0.2, 0.25) is 0 Å². The molecule has 1 unspecified atom stereocenters. The zero-order valence-corrected chi connectivity index (χ0v) is 8.81. The van der Waals surface area contributed by atoms with Crippen molar-refractivity contribution in [2.75, 3.05) is 31.1 Å². The van der Waals surface area contributed by atoms with Crippen molar-refractivity contribution in [1.29, 1.82) is 0 Å². The number of rotatable bonds is 1. The molecule has 0 bridgehead atoms. The molecule has 14 heavy (non-hydrogen) atoms. The molecule has 0 saturated carbocycles. The van der Waals surface area contributed by atoms with Crippen molar-refractivity contribution in [2.24, 2.45) is 5.92 Å². The molecule has 2 aliphatic rings. The Balaban J connectivity index is 1.92. The van der Waals surface area contributed by atoms with Crippen molar-refractivity contribution in [1.82, 2.24) is 10.2 Å². The van der Waals surface area contributed by atoms with Crippen LogP contribution in [0.5, 0.6) is 0 Å². The van der Waals surface area contributed by atoms with Crippen LogP contribution in [-0.2, 0) is 9.59 Å². The van der Waals surface area contributed by atoms with Crippen LogP contribution < -0.4 is 5.32 Å². The highest BCUT2D eigenvalue weighted by Gasteiger charge is 2.29. The number of carbonyl (C=O) groups excluding carboxylic acids is 2. The average Bonchev–Trinajstić information content (AvgIpc) is 2.69. The van der Waals surface area contributed by atoms with E-state index in [2.05, 4.69) is 5.32 Å². The van der Waals surface area contributed by atoms with Crippen molar-refractivity contribution < 1.29 is 9.59 Å². The number of nitrogens with zero attached hydrogens (tertiary/aromatic N) is 1. The molecule has 2 aliphatic heterocycles. The van der Waals surface area contributed by atoms with Crippen molar-refractivity contribution in [2.45, 2.75) is 6.42 Å². The minimum atomic E-state index is -0.0322. The fourth-order valence-corrected chi connectivity index (χ4v) is 3.03. The van der Waals surface area contributed by atoms with Gasteiger partial charge in [0.05, 0.1) is 6.54 Å². The lowest BCUT2D eigenvalue weighted by Crippen LogP contribution is -2.51. The third-order valence-corrected chi connectivity index (χ3v) is 3.79. The molecule has 0 aromatic rings. The average molecular weight is 214 g/mol. The highest BCUT2D eigenvalue weighted by molar-refractivity contribution is 7.99. The van der Waals surface area contributed by atoms with Crippen molar-refractivity contribution >= 4 is 23.6 Å². The SMILES string of the molecule is O=C1CN(C(=O)C2CCSC2)CCN1. The van der Waals surface area contributed by atoms with Crippen LogP contribution in [0.15, 0.2) is 0 Å². The summed E-state index contributed by atoms with van der Waals surface area (Å²) in [6.45, 7) is 1.52. The van der Waals surface area contributed by atoms with E-state index in [0.29, 0.717) is 13.1 Å². The van der Waals surface area contributed by atoms with Gasteiger partial charge in [0, 0.05) is 24.8 Å². The lowest BCUT2D eigenvalue weighted by atomic mass is 10.1. The normalized spacial score (nSPS) is 27.6. The number of amides is 2. The Morgan fingerprint density at radius 1 is 1.57 bits per heavy atom. The van der Waals surface area contributed by atoms with Gasteiger partial charge < -0.3 is 10.2 Å². The van der Waals surface area contributed by atoms with Crippen LogP contribution in [0.1, 0.15) is 6.42 Å². The molecule has 0 aliphatic carbocycles. The van der Waals surface area contributed by atoms with Gasteiger partial charge in [-0.3, -0.25) is 9.59 Å². The second-order valence-corrected chi connectivity index (χ2v) is 4.82. The lowest BCUT2D eigenvalue weighted by Gasteiger charge is -2.28. The quantitative estimate of drug-likeness (QED) is 0.652. The number of thioether (sulfide) groups is 1. The first kappa shape index (κ1) is 9.83. The Kier molecular flexibility index (Phi) is 2.96. The van der Waals surface area contributed by atoms with Crippen LogP contribution in [-0.4, -0.2) is 47.9 Å². The van der Waals surface area contributed by atoms with Crippen LogP contribution in [0.25, 0.3) is 0 Å². The van der Waals surface area contributed by atoms with E-state index in [4.69, 9.17) is 0 Å². The molecule has 1 N–H and O–H groups in total. The first-order valence-corrected chi connectivity index (χ1v) is 6.06. The fourth-order valence-electron chi connectivity index (χ4n) is 1.81. The Labute approximate surface area is 87.4 Å². The van der Waals surface area contributed by atoms with E-state index in [1.807, 2.05) is 11.8 Å². The molecule has 2 saturated heterocycles. The maximum Gasteiger partial charge on any atom is 0.239 e. The maximum atomic E-state index is 11.9. The summed E-state index contributed by atoms with van der Waals surface area (Å²) in [4.78, 5) is 24.7. The Morgan fingerprint density at radius 3 is 3.07 bits per heavy atom. The molecule has 0 spiro atoms. The predicted molar refractivity (Wildman–Crippen MR) is 55.0 cm³/mol. The molecule has 2 amide bonds. The van der Waals surface area contributed by atoms with Crippen molar-refractivity contribution in [3.05, 3.63) is 0 Å².